The molecule has 1 aliphatic heterocycles. The van der Waals surface area contributed by atoms with Crippen LogP contribution in [0.4, 0.5) is 0 Å². The van der Waals surface area contributed by atoms with E-state index in [9.17, 15) is 0 Å². The molecule has 52 valence electrons. The molecule has 1 saturated heterocycles. The van der Waals surface area contributed by atoms with E-state index in [-0.39, 0.29) is 6.61 Å². The zero-order valence-electron chi connectivity index (χ0n) is 5.29. The molecular formula is C5H10N2OS. The van der Waals surface area contributed by atoms with Crippen molar-refractivity contribution in [2.45, 2.75) is 5.25 Å². The van der Waals surface area contributed by atoms with Gasteiger partial charge in [0.25, 0.3) is 0 Å². The molecule has 1 unspecified atom stereocenters. The summed E-state index contributed by atoms with van der Waals surface area (Å²) in [4.78, 5) is 3.94. The summed E-state index contributed by atoms with van der Waals surface area (Å²) in [5.41, 5.74) is 0. The second-order valence-electron chi connectivity index (χ2n) is 1.83. The van der Waals surface area contributed by atoms with Gasteiger partial charge in [-0.05, 0) is 0 Å². The van der Waals surface area contributed by atoms with Gasteiger partial charge >= 0.3 is 0 Å². The van der Waals surface area contributed by atoms with Gasteiger partial charge in [0.2, 0.25) is 0 Å². The zero-order valence-corrected chi connectivity index (χ0v) is 6.11. The molecule has 3 nitrogen and oxygen atoms in total. The smallest absolute Gasteiger partial charge is 0.156 e. The van der Waals surface area contributed by atoms with Gasteiger partial charge in [-0.15, -0.1) is 0 Å². The second kappa shape index (κ2) is 3.08. The minimum absolute atomic E-state index is 0.233. The molecule has 2 N–H and O–H groups in total. The number of amidine groups is 1. The van der Waals surface area contributed by atoms with E-state index in [1.807, 2.05) is 0 Å². The van der Waals surface area contributed by atoms with Gasteiger partial charge in [-0.2, -0.15) is 0 Å². The molecule has 0 aromatic heterocycles. The number of thioether (sulfide) groups is 1. The summed E-state index contributed by atoms with van der Waals surface area (Å²) < 4.78 is 0. The van der Waals surface area contributed by atoms with E-state index in [1.54, 1.807) is 18.8 Å². The van der Waals surface area contributed by atoms with Gasteiger partial charge in [-0.3, -0.25) is 4.99 Å². The minimum atomic E-state index is 0.233. The molecule has 0 radical (unpaired) electrons. The number of nitrogens with zero attached hydrogens (tertiary/aromatic N) is 1. The van der Waals surface area contributed by atoms with Crippen molar-refractivity contribution in [3.8, 4) is 0 Å². The van der Waals surface area contributed by atoms with Crippen LogP contribution in [-0.2, 0) is 0 Å². The van der Waals surface area contributed by atoms with Crippen LogP contribution in [0.3, 0.4) is 0 Å². The molecule has 1 atom stereocenters. The summed E-state index contributed by atoms with van der Waals surface area (Å²) in [5, 5.41) is 13.0. The minimum Gasteiger partial charge on any atom is -0.395 e. The lowest BCUT2D eigenvalue weighted by atomic mass is 10.4. The Hall–Kier alpha value is -0.220. The van der Waals surface area contributed by atoms with Crippen molar-refractivity contribution in [2.24, 2.45) is 4.99 Å². The molecule has 0 bridgehead atoms. The largest absolute Gasteiger partial charge is 0.395 e. The molecule has 0 saturated carbocycles. The zero-order chi connectivity index (χ0) is 6.69. The van der Waals surface area contributed by atoms with Crippen molar-refractivity contribution < 1.29 is 5.11 Å². The number of aliphatic hydroxyl groups excluding tert-OH is 1. The molecule has 0 spiro atoms. The Bertz CT molecular complexity index is 126. The van der Waals surface area contributed by atoms with E-state index in [4.69, 9.17) is 5.11 Å². The van der Waals surface area contributed by atoms with E-state index in [0.29, 0.717) is 5.25 Å². The second-order valence-corrected chi connectivity index (χ2v) is 3.12. The van der Waals surface area contributed by atoms with Crippen LogP contribution in [0.25, 0.3) is 0 Å². The first-order valence-corrected chi connectivity index (χ1v) is 3.73. The molecule has 1 heterocycles. The number of rotatable bonds is 1. The van der Waals surface area contributed by atoms with Crippen LogP contribution in [0, 0.1) is 0 Å². The fourth-order valence-electron chi connectivity index (χ4n) is 0.676. The fraction of sp³-hybridized carbons (Fsp3) is 0.800. The highest BCUT2D eigenvalue weighted by atomic mass is 32.2. The summed E-state index contributed by atoms with van der Waals surface area (Å²) in [7, 11) is 1.75. The topological polar surface area (TPSA) is 44.6 Å². The van der Waals surface area contributed by atoms with Crippen LogP contribution >= 0.6 is 11.8 Å². The summed E-state index contributed by atoms with van der Waals surface area (Å²) in [6.45, 7) is 1.07. The van der Waals surface area contributed by atoms with Crippen molar-refractivity contribution in [2.75, 3.05) is 20.2 Å². The first-order valence-electron chi connectivity index (χ1n) is 2.85. The van der Waals surface area contributed by atoms with Crippen LogP contribution in [0.1, 0.15) is 0 Å². The lowest BCUT2D eigenvalue weighted by Crippen LogP contribution is -2.17. The maximum Gasteiger partial charge on any atom is 0.156 e. The molecule has 1 rings (SSSR count). The van der Waals surface area contributed by atoms with Gasteiger partial charge in [0.05, 0.1) is 11.9 Å². The van der Waals surface area contributed by atoms with Gasteiger partial charge in [0.15, 0.2) is 5.17 Å². The van der Waals surface area contributed by atoms with E-state index >= 15 is 0 Å². The first-order chi connectivity index (χ1) is 4.36. The Morgan fingerprint density at radius 2 is 2.78 bits per heavy atom. The number of hydrogen-bond acceptors (Lipinski definition) is 3. The predicted molar refractivity (Wildman–Crippen MR) is 39.8 cm³/mol. The van der Waals surface area contributed by atoms with Crippen molar-refractivity contribution in [1.82, 2.24) is 5.32 Å². The number of nitrogens with one attached hydrogen (secondary N) is 1. The average molecular weight is 146 g/mol. The molecule has 1 aliphatic rings. The standard InChI is InChI=1S/C5H10N2OS/c1-6-5-7-2-4(3-8)9-5/h4,8H,2-3H2,1H3,(H,6,7). The third-order valence-electron chi connectivity index (χ3n) is 1.17. The van der Waals surface area contributed by atoms with Crippen LogP contribution < -0.4 is 5.32 Å². The normalized spacial score (nSPS) is 30.9. The Morgan fingerprint density at radius 3 is 3.11 bits per heavy atom. The molecule has 9 heavy (non-hydrogen) atoms. The predicted octanol–water partition coefficient (Wildman–Crippen LogP) is -0.331. The van der Waals surface area contributed by atoms with Crippen molar-refractivity contribution in [3.63, 3.8) is 0 Å². The Labute approximate surface area is 58.6 Å². The third kappa shape index (κ3) is 1.59. The molecular weight excluding hydrogens is 136 g/mol. The van der Waals surface area contributed by atoms with E-state index in [2.05, 4.69) is 10.3 Å². The monoisotopic (exact) mass is 146 g/mol. The highest BCUT2D eigenvalue weighted by Crippen LogP contribution is 2.16. The SMILES string of the molecule is CN=C1NCC(CO)S1. The molecule has 4 heteroatoms. The van der Waals surface area contributed by atoms with Crippen LogP contribution in [-0.4, -0.2) is 35.7 Å². The lowest BCUT2D eigenvalue weighted by Gasteiger charge is -1.96. The van der Waals surface area contributed by atoms with Crippen LogP contribution in [0.5, 0.6) is 0 Å². The van der Waals surface area contributed by atoms with Crippen molar-refractivity contribution in [1.29, 1.82) is 0 Å². The van der Waals surface area contributed by atoms with Gasteiger partial charge in [-0.1, -0.05) is 11.8 Å². The Morgan fingerprint density at radius 1 is 2.00 bits per heavy atom. The molecule has 0 aromatic rings. The van der Waals surface area contributed by atoms with Crippen molar-refractivity contribution in [3.05, 3.63) is 0 Å². The van der Waals surface area contributed by atoms with Gasteiger partial charge in [0.1, 0.15) is 0 Å². The van der Waals surface area contributed by atoms with E-state index in [1.165, 1.54) is 0 Å². The summed E-state index contributed by atoms with van der Waals surface area (Å²) in [5.74, 6) is 0. The quantitative estimate of drug-likeness (QED) is 0.532. The molecule has 1 fully saturated rings. The third-order valence-corrected chi connectivity index (χ3v) is 2.37. The number of aliphatic hydroxyl groups is 1. The molecule has 0 aliphatic carbocycles. The lowest BCUT2D eigenvalue weighted by molar-refractivity contribution is 0.296. The summed E-state index contributed by atoms with van der Waals surface area (Å²) >= 11 is 1.60. The highest BCUT2D eigenvalue weighted by Gasteiger charge is 2.18. The van der Waals surface area contributed by atoms with Crippen molar-refractivity contribution >= 4 is 16.9 Å². The highest BCUT2D eigenvalue weighted by molar-refractivity contribution is 8.14. The number of hydrogen-bond donors (Lipinski definition) is 2. The molecule has 0 amide bonds. The first kappa shape index (κ1) is 6.89. The van der Waals surface area contributed by atoms with Crippen LogP contribution in [0.15, 0.2) is 4.99 Å². The molecule has 0 aromatic carbocycles. The maximum absolute atomic E-state index is 8.66. The Balaban J connectivity index is 2.38. The van der Waals surface area contributed by atoms with E-state index in [0.717, 1.165) is 11.7 Å². The fourth-order valence-corrected chi connectivity index (χ4v) is 1.50. The number of aliphatic imine (C=N–C) groups is 1. The van der Waals surface area contributed by atoms with E-state index < -0.39 is 0 Å². The average Bonchev–Trinajstić information content (AvgIpc) is 2.34. The maximum atomic E-state index is 8.66. The summed E-state index contributed by atoms with van der Waals surface area (Å²) in [6.07, 6.45) is 0. The van der Waals surface area contributed by atoms with Gasteiger partial charge < -0.3 is 10.4 Å². The van der Waals surface area contributed by atoms with Gasteiger partial charge in [-0.25, -0.2) is 0 Å². The summed E-state index contributed by atoms with van der Waals surface area (Å²) in [6, 6.07) is 0. The van der Waals surface area contributed by atoms with Crippen LogP contribution in [0.2, 0.25) is 0 Å². The Kier molecular flexibility index (Phi) is 2.36. The van der Waals surface area contributed by atoms with Gasteiger partial charge in [0, 0.05) is 13.6 Å².